The lowest BCUT2D eigenvalue weighted by molar-refractivity contribution is -0.136. The van der Waals surface area contributed by atoms with Crippen molar-refractivity contribution in [2.24, 2.45) is 5.73 Å². The van der Waals surface area contributed by atoms with Gasteiger partial charge in [0.05, 0.1) is 6.61 Å². The van der Waals surface area contributed by atoms with E-state index in [1.165, 1.54) is 0 Å². The van der Waals surface area contributed by atoms with Gasteiger partial charge in [0, 0.05) is 12.5 Å². The summed E-state index contributed by atoms with van der Waals surface area (Å²) in [4.78, 5) is 0. The summed E-state index contributed by atoms with van der Waals surface area (Å²) in [7, 11) is 0. The van der Waals surface area contributed by atoms with Gasteiger partial charge in [0.15, 0.2) is 0 Å². The minimum Gasteiger partial charge on any atom is -0.493 e. The van der Waals surface area contributed by atoms with Crippen LogP contribution in [-0.4, -0.2) is 18.8 Å². The third-order valence-corrected chi connectivity index (χ3v) is 2.93. The van der Waals surface area contributed by atoms with Crippen LogP contribution in [0.3, 0.4) is 0 Å². The molecular weight excluding hydrogens is 267 g/mol. The Balaban J connectivity index is 2.62. The first-order valence-corrected chi connectivity index (χ1v) is 6.74. The zero-order chi connectivity index (χ0) is 15.3. The Hall–Kier alpha value is -1.23. The number of benzene rings is 1. The zero-order valence-corrected chi connectivity index (χ0v) is 12.2. The largest absolute Gasteiger partial charge is 0.493 e. The van der Waals surface area contributed by atoms with Crippen LogP contribution >= 0.6 is 0 Å². The van der Waals surface area contributed by atoms with Gasteiger partial charge in [-0.25, -0.2) is 0 Å². The Bertz CT molecular complexity index is 418. The van der Waals surface area contributed by atoms with Crippen LogP contribution in [0, 0.1) is 13.8 Å². The van der Waals surface area contributed by atoms with Crippen LogP contribution in [0.5, 0.6) is 5.75 Å². The van der Waals surface area contributed by atoms with Gasteiger partial charge in [-0.15, -0.1) is 0 Å². The van der Waals surface area contributed by atoms with Crippen LogP contribution in [0.25, 0.3) is 0 Å². The second kappa shape index (κ2) is 6.97. The number of hydrogen-bond acceptors (Lipinski definition) is 2. The molecule has 1 rings (SSSR count). The SMILES string of the molecule is Cc1cc(CC(C)N)cc(C)c1OCCCC(F)(F)F. The van der Waals surface area contributed by atoms with Crippen LogP contribution in [0.15, 0.2) is 12.1 Å². The molecular formula is C15H22F3NO. The van der Waals surface area contributed by atoms with Crippen molar-refractivity contribution in [3.05, 3.63) is 28.8 Å². The third-order valence-electron chi connectivity index (χ3n) is 2.93. The average molecular weight is 289 g/mol. The molecule has 0 saturated carbocycles. The van der Waals surface area contributed by atoms with Crippen LogP contribution in [0.1, 0.15) is 36.5 Å². The van der Waals surface area contributed by atoms with Crippen molar-refractivity contribution in [2.45, 2.75) is 52.3 Å². The summed E-state index contributed by atoms with van der Waals surface area (Å²) in [5.41, 5.74) is 8.76. The molecule has 0 amide bonds. The predicted octanol–water partition coefficient (Wildman–Crippen LogP) is 3.91. The number of hydrogen-bond donors (Lipinski definition) is 1. The Kier molecular flexibility index (Phi) is 5.87. The highest BCUT2D eigenvalue weighted by molar-refractivity contribution is 5.43. The standard InChI is InChI=1S/C15H22F3NO/c1-10-7-13(9-12(3)19)8-11(2)14(10)20-6-4-5-15(16,17)18/h7-8,12H,4-6,9,19H2,1-3H3. The van der Waals surface area contributed by atoms with E-state index in [1.54, 1.807) is 0 Å². The first kappa shape index (κ1) is 16.8. The molecule has 5 heteroatoms. The fourth-order valence-corrected chi connectivity index (χ4v) is 2.20. The molecule has 2 nitrogen and oxygen atoms in total. The molecule has 1 unspecified atom stereocenters. The molecule has 1 aromatic rings. The smallest absolute Gasteiger partial charge is 0.389 e. The molecule has 0 aromatic heterocycles. The molecule has 0 heterocycles. The molecule has 0 saturated heterocycles. The summed E-state index contributed by atoms with van der Waals surface area (Å²) < 4.78 is 41.6. The van der Waals surface area contributed by atoms with E-state index in [9.17, 15) is 13.2 Å². The number of aryl methyl sites for hydroxylation is 2. The summed E-state index contributed by atoms with van der Waals surface area (Å²) in [6, 6.07) is 4.04. The molecule has 0 spiro atoms. The maximum atomic E-state index is 12.0. The second-order valence-electron chi connectivity index (χ2n) is 5.31. The Labute approximate surface area is 118 Å². The number of ether oxygens (including phenoxy) is 1. The summed E-state index contributed by atoms with van der Waals surface area (Å²) >= 11 is 0. The lowest BCUT2D eigenvalue weighted by Crippen LogP contribution is -2.18. The van der Waals surface area contributed by atoms with Crippen LogP contribution in [0.2, 0.25) is 0 Å². The zero-order valence-electron chi connectivity index (χ0n) is 12.2. The normalized spacial score (nSPS) is 13.3. The average Bonchev–Trinajstić information content (AvgIpc) is 2.24. The van der Waals surface area contributed by atoms with E-state index in [0.717, 1.165) is 23.1 Å². The van der Waals surface area contributed by atoms with Crippen LogP contribution in [0.4, 0.5) is 13.2 Å². The summed E-state index contributed by atoms with van der Waals surface area (Å²) in [6.07, 6.45) is -4.18. The Morgan fingerprint density at radius 1 is 1.20 bits per heavy atom. The quantitative estimate of drug-likeness (QED) is 0.806. The van der Waals surface area contributed by atoms with Crippen LogP contribution < -0.4 is 10.5 Å². The molecule has 0 radical (unpaired) electrons. The minimum atomic E-state index is -4.12. The molecule has 2 N–H and O–H groups in total. The lowest BCUT2D eigenvalue weighted by atomic mass is 10.0. The Morgan fingerprint density at radius 3 is 2.20 bits per heavy atom. The van der Waals surface area contributed by atoms with E-state index in [1.807, 2.05) is 32.9 Å². The monoisotopic (exact) mass is 289 g/mol. The molecule has 0 aliphatic heterocycles. The van der Waals surface area contributed by atoms with Crippen molar-refractivity contribution in [3.63, 3.8) is 0 Å². The van der Waals surface area contributed by atoms with E-state index in [4.69, 9.17) is 10.5 Å². The molecule has 0 aliphatic rings. The Morgan fingerprint density at radius 2 is 1.75 bits per heavy atom. The molecule has 0 aliphatic carbocycles. The van der Waals surface area contributed by atoms with Crippen LogP contribution in [-0.2, 0) is 6.42 Å². The maximum Gasteiger partial charge on any atom is 0.389 e. The highest BCUT2D eigenvalue weighted by Gasteiger charge is 2.26. The number of rotatable bonds is 6. The topological polar surface area (TPSA) is 35.2 Å². The van der Waals surface area contributed by atoms with E-state index in [2.05, 4.69) is 0 Å². The molecule has 1 aromatic carbocycles. The lowest BCUT2D eigenvalue weighted by Gasteiger charge is -2.15. The van der Waals surface area contributed by atoms with Gasteiger partial charge in [0.25, 0.3) is 0 Å². The fraction of sp³-hybridized carbons (Fsp3) is 0.600. The first-order valence-electron chi connectivity index (χ1n) is 6.74. The summed E-state index contributed by atoms with van der Waals surface area (Å²) in [6.45, 7) is 5.81. The fourth-order valence-electron chi connectivity index (χ4n) is 2.20. The molecule has 0 bridgehead atoms. The maximum absolute atomic E-state index is 12.0. The van der Waals surface area contributed by atoms with Crippen molar-refractivity contribution in [3.8, 4) is 5.75 Å². The van der Waals surface area contributed by atoms with Crippen molar-refractivity contribution in [1.82, 2.24) is 0 Å². The van der Waals surface area contributed by atoms with Gasteiger partial charge in [0.1, 0.15) is 5.75 Å². The molecule has 114 valence electrons. The van der Waals surface area contributed by atoms with E-state index in [-0.39, 0.29) is 19.1 Å². The minimum absolute atomic E-state index is 0.0238. The van der Waals surface area contributed by atoms with Crippen molar-refractivity contribution in [1.29, 1.82) is 0 Å². The van der Waals surface area contributed by atoms with Gasteiger partial charge in [-0.1, -0.05) is 12.1 Å². The van der Waals surface area contributed by atoms with E-state index >= 15 is 0 Å². The number of halogens is 3. The van der Waals surface area contributed by atoms with Crippen molar-refractivity contribution in [2.75, 3.05) is 6.61 Å². The van der Waals surface area contributed by atoms with Gasteiger partial charge < -0.3 is 10.5 Å². The van der Waals surface area contributed by atoms with E-state index < -0.39 is 12.6 Å². The molecule has 0 fully saturated rings. The van der Waals surface area contributed by atoms with Gasteiger partial charge in [0.2, 0.25) is 0 Å². The first-order chi connectivity index (χ1) is 9.19. The number of alkyl halides is 3. The van der Waals surface area contributed by atoms with Gasteiger partial charge >= 0.3 is 6.18 Å². The molecule has 1 atom stereocenters. The van der Waals surface area contributed by atoms with Crippen molar-refractivity contribution < 1.29 is 17.9 Å². The second-order valence-corrected chi connectivity index (χ2v) is 5.31. The summed E-state index contributed by atoms with van der Waals surface area (Å²) in [5.74, 6) is 0.681. The molecule has 20 heavy (non-hydrogen) atoms. The predicted molar refractivity (Wildman–Crippen MR) is 74.1 cm³/mol. The van der Waals surface area contributed by atoms with Gasteiger partial charge in [-0.3, -0.25) is 0 Å². The third kappa shape index (κ3) is 5.82. The highest BCUT2D eigenvalue weighted by Crippen LogP contribution is 2.26. The number of nitrogens with two attached hydrogens (primary N) is 1. The summed E-state index contributed by atoms with van der Waals surface area (Å²) in [5, 5.41) is 0. The van der Waals surface area contributed by atoms with Crippen molar-refractivity contribution >= 4 is 0 Å². The highest BCUT2D eigenvalue weighted by atomic mass is 19.4. The van der Waals surface area contributed by atoms with Gasteiger partial charge in [-0.2, -0.15) is 13.2 Å². The van der Waals surface area contributed by atoms with E-state index in [0.29, 0.717) is 5.75 Å². The van der Waals surface area contributed by atoms with Gasteiger partial charge in [-0.05, 0) is 50.3 Å².